The van der Waals surface area contributed by atoms with E-state index in [1.165, 1.54) is 18.2 Å². The number of anilines is 2. The summed E-state index contributed by atoms with van der Waals surface area (Å²) >= 11 is 0. The number of ether oxygens (including phenoxy) is 1. The summed E-state index contributed by atoms with van der Waals surface area (Å²) in [6, 6.07) is 9.53. The van der Waals surface area contributed by atoms with Gasteiger partial charge in [0, 0.05) is 6.42 Å². The van der Waals surface area contributed by atoms with Crippen molar-refractivity contribution < 1.29 is 27.9 Å². The van der Waals surface area contributed by atoms with Gasteiger partial charge in [0.2, 0.25) is 0 Å². The Morgan fingerprint density at radius 3 is 2.77 bits per heavy atom. The SMILES string of the molecule is O=C1COc2ccc(S(=O)(=O)N3c4ccccc4CC3C(=O)O)cc2N1. The van der Waals surface area contributed by atoms with Gasteiger partial charge in [0.15, 0.2) is 6.61 Å². The third-order valence-electron chi connectivity index (χ3n) is 4.35. The molecule has 2 aromatic carbocycles. The molecule has 0 spiro atoms. The van der Waals surface area contributed by atoms with Crippen molar-refractivity contribution >= 4 is 33.3 Å². The molecule has 1 atom stereocenters. The molecule has 9 heteroatoms. The van der Waals surface area contributed by atoms with Gasteiger partial charge in [-0.25, -0.2) is 13.2 Å². The molecule has 1 unspecified atom stereocenters. The third-order valence-corrected chi connectivity index (χ3v) is 6.17. The summed E-state index contributed by atoms with van der Waals surface area (Å²) in [4.78, 5) is 23.0. The number of nitrogens with zero attached hydrogens (tertiary/aromatic N) is 1. The van der Waals surface area contributed by atoms with E-state index in [0.717, 1.165) is 4.31 Å². The Balaban J connectivity index is 1.82. The monoisotopic (exact) mass is 374 g/mol. The summed E-state index contributed by atoms with van der Waals surface area (Å²) in [5.41, 5.74) is 1.23. The van der Waals surface area contributed by atoms with E-state index in [9.17, 15) is 23.1 Å². The molecule has 8 nitrogen and oxygen atoms in total. The van der Waals surface area contributed by atoms with Gasteiger partial charge in [-0.3, -0.25) is 9.10 Å². The van der Waals surface area contributed by atoms with Gasteiger partial charge in [-0.05, 0) is 29.8 Å². The molecule has 0 aliphatic carbocycles. The highest BCUT2D eigenvalue weighted by Crippen LogP contribution is 2.38. The Labute approximate surface area is 149 Å². The lowest BCUT2D eigenvalue weighted by Gasteiger charge is -2.25. The number of carbonyl (C=O) groups is 2. The molecule has 0 fully saturated rings. The van der Waals surface area contributed by atoms with Gasteiger partial charge in [-0.1, -0.05) is 18.2 Å². The van der Waals surface area contributed by atoms with E-state index >= 15 is 0 Å². The molecule has 0 bridgehead atoms. The molecule has 2 aromatic rings. The van der Waals surface area contributed by atoms with Crippen molar-refractivity contribution in [2.24, 2.45) is 0 Å². The number of amides is 1. The lowest BCUT2D eigenvalue weighted by molar-refractivity contribution is -0.138. The molecule has 2 aliphatic rings. The van der Waals surface area contributed by atoms with Crippen molar-refractivity contribution in [3.63, 3.8) is 0 Å². The molecular formula is C17H14N2O6S. The molecular weight excluding hydrogens is 360 g/mol. The summed E-state index contributed by atoms with van der Waals surface area (Å²) < 4.78 is 32.5. The van der Waals surface area contributed by atoms with E-state index in [2.05, 4.69) is 5.32 Å². The molecule has 2 heterocycles. The highest BCUT2D eigenvalue weighted by molar-refractivity contribution is 7.93. The number of benzene rings is 2. The fourth-order valence-corrected chi connectivity index (χ4v) is 4.85. The zero-order valence-corrected chi connectivity index (χ0v) is 14.2. The highest BCUT2D eigenvalue weighted by Gasteiger charge is 2.42. The molecule has 0 saturated heterocycles. The first-order chi connectivity index (χ1) is 12.4. The number of carboxylic acids is 1. The quantitative estimate of drug-likeness (QED) is 0.835. The summed E-state index contributed by atoms with van der Waals surface area (Å²) in [6.45, 7) is -0.139. The van der Waals surface area contributed by atoms with Crippen molar-refractivity contribution in [1.29, 1.82) is 0 Å². The minimum absolute atomic E-state index is 0.0928. The topological polar surface area (TPSA) is 113 Å². The smallest absolute Gasteiger partial charge is 0.327 e. The zero-order valence-electron chi connectivity index (χ0n) is 13.4. The molecule has 0 saturated carbocycles. The number of hydrogen-bond acceptors (Lipinski definition) is 5. The van der Waals surface area contributed by atoms with Crippen LogP contribution in [0.25, 0.3) is 0 Å². The first-order valence-electron chi connectivity index (χ1n) is 7.80. The summed E-state index contributed by atoms with van der Waals surface area (Å²) in [5.74, 6) is -1.25. The Hall–Kier alpha value is -3.07. The Morgan fingerprint density at radius 2 is 2.00 bits per heavy atom. The maximum atomic E-state index is 13.2. The van der Waals surface area contributed by atoms with E-state index in [1.54, 1.807) is 24.3 Å². The number of carbonyl (C=O) groups excluding carboxylic acids is 1. The molecule has 2 aliphatic heterocycles. The van der Waals surface area contributed by atoms with Crippen LogP contribution in [0.3, 0.4) is 0 Å². The average molecular weight is 374 g/mol. The normalized spacial score (nSPS) is 18.5. The average Bonchev–Trinajstić information content (AvgIpc) is 3.01. The molecule has 0 aromatic heterocycles. The number of carboxylic acid groups (broad SMARTS) is 1. The second kappa shape index (κ2) is 5.73. The minimum Gasteiger partial charge on any atom is -0.482 e. The molecule has 0 radical (unpaired) electrons. The van der Waals surface area contributed by atoms with Gasteiger partial charge >= 0.3 is 5.97 Å². The maximum Gasteiger partial charge on any atom is 0.327 e. The fourth-order valence-electron chi connectivity index (χ4n) is 3.18. The number of fused-ring (bicyclic) bond motifs is 2. The third kappa shape index (κ3) is 2.48. The number of sulfonamides is 1. The van der Waals surface area contributed by atoms with Crippen LogP contribution in [0.4, 0.5) is 11.4 Å². The predicted molar refractivity (Wildman–Crippen MR) is 91.8 cm³/mol. The first-order valence-corrected chi connectivity index (χ1v) is 9.24. The molecule has 134 valence electrons. The minimum atomic E-state index is -4.15. The van der Waals surface area contributed by atoms with E-state index < -0.39 is 22.0 Å². The Bertz CT molecular complexity index is 1030. The van der Waals surface area contributed by atoms with Crippen molar-refractivity contribution in [3.05, 3.63) is 48.0 Å². The largest absolute Gasteiger partial charge is 0.482 e. The molecule has 4 rings (SSSR count). The lowest BCUT2D eigenvalue weighted by atomic mass is 10.1. The standard InChI is InChI=1S/C17H14N2O6S/c20-16-9-25-15-6-5-11(8-12(15)18-16)26(23,24)19-13-4-2-1-3-10(13)7-14(19)17(21)22/h1-6,8,14H,7,9H2,(H,18,20)(H,21,22). The number of hydrogen-bond donors (Lipinski definition) is 2. The second-order valence-corrected chi connectivity index (χ2v) is 7.80. The number of para-hydroxylation sites is 1. The van der Waals surface area contributed by atoms with Crippen LogP contribution in [0.2, 0.25) is 0 Å². The van der Waals surface area contributed by atoms with Gasteiger partial charge in [0.1, 0.15) is 11.8 Å². The van der Waals surface area contributed by atoms with Gasteiger partial charge in [0.25, 0.3) is 15.9 Å². The fraction of sp³-hybridized carbons (Fsp3) is 0.176. The summed E-state index contributed by atoms with van der Waals surface area (Å²) in [7, 11) is -4.15. The van der Waals surface area contributed by atoms with Gasteiger partial charge in [-0.15, -0.1) is 0 Å². The van der Waals surface area contributed by atoms with Gasteiger partial charge in [0.05, 0.1) is 16.3 Å². The number of aliphatic carboxylic acids is 1. The number of nitrogens with one attached hydrogen (secondary N) is 1. The van der Waals surface area contributed by atoms with Crippen molar-refractivity contribution in [2.75, 3.05) is 16.2 Å². The van der Waals surface area contributed by atoms with Crippen LogP contribution in [0.1, 0.15) is 5.56 Å². The van der Waals surface area contributed by atoms with E-state index in [4.69, 9.17) is 4.74 Å². The van der Waals surface area contributed by atoms with Crippen LogP contribution in [0, 0.1) is 0 Å². The first kappa shape index (κ1) is 16.4. The van der Waals surface area contributed by atoms with Crippen LogP contribution in [0.5, 0.6) is 5.75 Å². The number of rotatable bonds is 3. The van der Waals surface area contributed by atoms with E-state index in [1.807, 2.05) is 0 Å². The lowest BCUT2D eigenvalue weighted by Crippen LogP contribution is -2.42. The summed E-state index contributed by atoms with van der Waals surface area (Å²) in [5, 5.41) is 12.1. The Kier molecular flexibility index (Phi) is 3.62. The Morgan fingerprint density at radius 1 is 1.23 bits per heavy atom. The molecule has 26 heavy (non-hydrogen) atoms. The van der Waals surface area contributed by atoms with Gasteiger partial charge < -0.3 is 15.2 Å². The zero-order chi connectivity index (χ0) is 18.5. The maximum absolute atomic E-state index is 13.2. The van der Waals surface area contributed by atoms with Crippen LogP contribution in [-0.4, -0.2) is 38.0 Å². The van der Waals surface area contributed by atoms with Crippen LogP contribution < -0.4 is 14.4 Å². The van der Waals surface area contributed by atoms with Crippen molar-refractivity contribution in [1.82, 2.24) is 0 Å². The van der Waals surface area contributed by atoms with Gasteiger partial charge in [-0.2, -0.15) is 0 Å². The predicted octanol–water partition coefficient (Wildman–Crippen LogP) is 1.22. The molecule has 2 N–H and O–H groups in total. The van der Waals surface area contributed by atoms with Crippen LogP contribution >= 0.6 is 0 Å². The highest BCUT2D eigenvalue weighted by atomic mass is 32.2. The van der Waals surface area contributed by atoms with Crippen molar-refractivity contribution in [2.45, 2.75) is 17.4 Å². The van der Waals surface area contributed by atoms with Crippen molar-refractivity contribution in [3.8, 4) is 5.75 Å². The van der Waals surface area contributed by atoms with E-state index in [0.29, 0.717) is 17.0 Å². The van der Waals surface area contributed by atoms with Crippen LogP contribution in [-0.2, 0) is 26.0 Å². The molecule has 1 amide bonds. The van der Waals surface area contributed by atoms with Crippen LogP contribution in [0.15, 0.2) is 47.4 Å². The van der Waals surface area contributed by atoms with E-state index in [-0.39, 0.29) is 29.5 Å². The summed E-state index contributed by atoms with van der Waals surface area (Å²) in [6.07, 6.45) is 0.0928. The second-order valence-electron chi connectivity index (χ2n) is 5.98.